The molecule has 1 fully saturated rings. The van der Waals surface area contributed by atoms with Crippen LogP contribution in [0.3, 0.4) is 0 Å². The number of aromatic hydroxyl groups is 1. The summed E-state index contributed by atoms with van der Waals surface area (Å²) in [4.78, 5) is 4.94. The van der Waals surface area contributed by atoms with Crippen LogP contribution < -0.4 is 4.90 Å². The average Bonchev–Trinajstić information content (AvgIpc) is 2.83. The van der Waals surface area contributed by atoms with Crippen molar-refractivity contribution in [1.29, 1.82) is 0 Å². The Kier molecular flexibility index (Phi) is 6.24. The Morgan fingerprint density at radius 3 is 2.29 bits per heavy atom. The second-order valence-electron chi connectivity index (χ2n) is 10.1. The number of alkyl halides is 2. The largest absolute Gasteiger partial charge is 0.508 e. The number of fused-ring (bicyclic) bond motifs is 1. The van der Waals surface area contributed by atoms with Crippen LogP contribution in [0.2, 0.25) is 0 Å². The molecular formula is C29H34F2N2O. The van der Waals surface area contributed by atoms with Gasteiger partial charge in [0.15, 0.2) is 0 Å². The molecule has 0 saturated carbocycles. The van der Waals surface area contributed by atoms with E-state index < -0.39 is 5.92 Å². The van der Waals surface area contributed by atoms with Crippen LogP contribution in [0.15, 0.2) is 59.7 Å². The lowest BCUT2D eigenvalue weighted by atomic mass is 9.77. The van der Waals surface area contributed by atoms with Crippen LogP contribution in [-0.4, -0.2) is 48.1 Å². The molecule has 0 bridgehead atoms. The van der Waals surface area contributed by atoms with Crippen LogP contribution in [0.4, 0.5) is 14.5 Å². The van der Waals surface area contributed by atoms with E-state index in [1.165, 1.54) is 11.3 Å². The van der Waals surface area contributed by atoms with Gasteiger partial charge in [-0.05, 0) is 90.8 Å². The monoisotopic (exact) mass is 464 g/mol. The van der Waals surface area contributed by atoms with Gasteiger partial charge in [-0.15, -0.1) is 0 Å². The zero-order valence-corrected chi connectivity index (χ0v) is 20.2. The van der Waals surface area contributed by atoms with Crippen LogP contribution in [0.1, 0.15) is 56.2 Å². The minimum atomic E-state index is -2.60. The molecule has 0 atom stereocenters. The first-order valence-corrected chi connectivity index (χ1v) is 12.5. The molecule has 180 valence electrons. The Morgan fingerprint density at radius 1 is 0.912 bits per heavy atom. The van der Waals surface area contributed by atoms with Gasteiger partial charge in [-0.3, -0.25) is 4.90 Å². The molecule has 0 aromatic heterocycles. The molecule has 2 aliphatic carbocycles. The Hall–Kier alpha value is -2.66. The first-order valence-electron chi connectivity index (χ1n) is 12.5. The van der Waals surface area contributed by atoms with Crippen molar-refractivity contribution in [2.75, 3.05) is 31.1 Å². The molecule has 3 nitrogen and oxygen atoms in total. The topological polar surface area (TPSA) is 26.7 Å². The van der Waals surface area contributed by atoms with Crippen LogP contribution in [0, 0.1) is 0 Å². The number of phenolic OH excluding ortho intramolecular Hbond substituents is 1. The van der Waals surface area contributed by atoms with E-state index in [2.05, 4.69) is 47.9 Å². The molecule has 0 spiro atoms. The SMILES string of the molecule is CC(C)N1CCN(c2ccc(C3=C(C4=CCC(F)(F)CC4)CCc4ccc(O)cc43)cc2)CC1. The van der Waals surface area contributed by atoms with Gasteiger partial charge in [-0.2, -0.15) is 0 Å². The van der Waals surface area contributed by atoms with Crippen molar-refractivity contribution in [2.24, 2.45) is 0 Å². The predicted molar refractivity (Wildman–Crippen MR) is 135 cm³/mol. The van der Waals surface area contributed by atoms with E-state index in [0.717, 1.165) is 66.9 Å². The summed E-state index contributed by atoms with van der Waals surface area (Å²) in [5, 5.41) is 10.2. The van der Waals surface area contributed by atoms with Gasteiger partial charge in [-0.1, -0.05) is 24.3 Å². The van der Waals surface area contributed by atoms with Gasteiger partial charge in [-0.25, -0.2) is 8.78 Å². The second-order valence-corrected chi connectivity index (χ2v) is 10.1. The minimum absolute atomic E-state index is 0.0934. The maximum Gasteiger partial charge on any atom is 0.251 e. The number of piperazine rings is 1. The van der Waals surface area contributed by atoms with Crippen LogP contribution in [-0.2, 0) is 6.42 Å². The third kappa shape index (κ3) is 4.63. The summed E-state index contributed by atoms with van der Waals surface area (Å²) in [6, 6.07) is 14.8. The molecule has 1 saturated heterocycles. The molecule has 0 unspecified atom stereocenters. The standard InChI is InChI=1S/C29H34F2N2O/c1-20(2)32-15-17-33(18-16-32)24-7-3-23(4-8-24)28-26(22-11-13-29(30,31)14-12-22)10-6-21-5-9-25(34)19-27(21)28/h3-5,7-9,11,19-20,34H,6,10,12-18H2,1-2H3. The highest BCUT2D eigenvalue weighted by Crippen LogP contribution is 2.44. The first kappa shape index (κ1) is 23.1. The fourth-order valence-electron chi connectivity index (χ4n) is 5.62. The third-order valence-electron chi connectivity index (χ3n) is 7.67. The number of phenols is 1. The molecule has 5 rings (SSSR count). The smallest absolute Gasteiger partial charge is 0.251 e. The van der Waals surface area contributed by atoms with Crippen molar-refractivity contribution >= 4 is 11.3 Å². The van der Waals surface area contributed by atoms with Crippen molar-refractivity contribution in [3.63, 3.8) is 0 Å². The quantitative estimate of drug-likeness (QED) is 0.566. The lowest BCUT2D eigenvalue weighted by Crippen LogP contribution is -2.48. The van der Waals surface area contributed by atoms with Gasteiger partial charge in [0.2, 0.25) is 0 Å². The van der Waals surface area contributed by atoms with E-state index in [0.29, 0.717) is 12.5 Å². The van der Waals surface area contributed by atoms with E-state index in [9.17, 15) is 13.9 Å². The third-order valence-corrected chi connectivity index (χ3v) is 7.67. The number of benzene rings is 2. The van der Waals surface area contributed by atoms with E-state index in [-0.39, 0.29) is 18.6 Å². The van der Waals surface area contributed by atoms with E-state index in [1.54, 1.807) is 12.1 Å². The molecule has 3 aliphatic rings. The first-order chi connectivity index (χ1) is 16.3. The molecular weight excluding hydrogens is 430 g/mol. The summed E-state index contributed by atoms with van der Waals surface area (Å²) in [6.07, 6.45) is 3.56. The number of hydrogen-bond donors (Lipinski definition) is 1. The summed E-state index contributed by atoms with van der Waals surface area (Å²) < 4.78 is 27.7. The number of aryl methyl sites for hydroxylation is 1. The van der Waals surface area contributed by atoms with Crippen molar-refractivity contribution in [3.05, 3.63) is 76.4 Å². The normalized spacial score (nSPS) is 21.0. The van der Waals surface area contributed by atoms with Crippen molar-refractivity contribution < 1.29 is 13.9 Å². The number of allylic oxidation sites excluding steroid dienone is 3. The summed E-state index contributed by atoms with van der Waals surface area (Å²) in [6.45, 7) is 8.67. The zero-order valence-electron chi connectivity index (χ0n) is 20.2. The van der Waals surface area contributed by atoms with Gasteiger partial charge in [0.25, 0.3) is 5.92 Å². The fourth-order valence-corrected chi connectivity index (χ4v) is 5.62. The summed E-state index contributed by atoms with van der Waals surface area (Å²) in [5.41, 5.74) is 7.83. The van der Waals surface area contributed by atoms with Crippen LogP contribution in [0.25, 0.3) is 5.57 Å². The maximum atomic E-state index is 13.8. The Morgan fingerprint density at radius 2 is 1.65 bits per heavy atom. The van der Waals surface area contributed by atoms with Gasteiger partial charge in [0.1, 0.15) is 5.75 Å². The van der Waals surface area contributed by atoms with Gasteiger partial charge in [0.05, 0.1) is 0 Å². The number of nitrogens with zero attached hydrogens (tertiary/aromatic N) is 2. The molecule has 2 aromatic carbocycles. The molecule has 5 heteroatoms. The summed E-state index contributed by atoms with van der Waals surface area (Å²) in [7, 11) is 0. The molecule has 2 aromatic rings. The molecule has 0 radical (unpaired) electrons. The Balaban J connectivity index is 1.49. The van der Waals surface area contributed by atoms with Crippen molar-refractivity contribution in [2.45, 2.75) is 57.9 Å². The average molecular weight is 465 g/mol. The number of anilines is 1. The van der Waals surface area contributed by atoms with E-state index in [4.69, 9.17) is 0 Å². The fraction of sp³-hybridized carbons (Fsp3) is 0.448. The summed E-state index contributed by atoms with van der Waals surface area (Å²) in [5.74, 6) is -2.36. The lowest BCUT2D eigenvalue weighted by Gasteiger charge is -2.38. The second kappa shape index (κ2) is 9.18. The van der Waals surface area contributed by atoms with Crippen molar-refractivity contribution in [3.8, 4) is 5.75 Å². The molecule has 1 N–H and O–H groups in total. The Labute approximate surface area is 201 Å². The Bertz CT molecular complexity index is 1110. The van der Waals surface area contributed by atoms with Gasteiger partial charge in [0, 0.05) is 50.7 Å². The minimum Gasteiger partial charge on any atom is -0.508 e. The van der Waals surface area contributed by atoms with Crippen LogP contribution >= 0.6 is 0 Å². The van der Waals surface area contributed by atoms with Gasteiger partial charge >= 0.3 is 0 Å². The zero-order chi connectivity index (χ0) is 23.9. The number of rotatable bonds is 4. The summed E-state index contributed by atoms with van der Waals surface area (Å²) >= 11 is 0. The molecule has 0 amide bonds. The van der Waals surface area contributed by atoms with E-state index in [1.807, 2.05) is 12.1 Å². The predicted octanol–water partition coefficient (Wildman–Crippen LogP) is 6.42. The van der Waals surface area contributed by atoms with Crippen molar-refractivity contribution in [1.82, 2.24) is 4.90 Å². The molecule has 34 heavy (non-hydrogen) atoms. The molecule has 1 aliphatic heterocycles. The highest BCUT2D eigenvalue weighted by atomic mass is 19.3. The van der Waals surface area contributed by atoms with Gasteiger partial charge < -0.3 is 10.0 Å². The number of halogens is 2. The molecule has 1 heterocycles. The highest BCUT2D eigenvalue weighted by Gasteiger charge is 2.33. The number of hydrogen-bond acceptors (Lipinski definition) is 3. The highest BCUT2D eigenvalue weighted by molar-refractivity contribution is 5.88. The van der Waals surface area contributed by atoms with E-state index >= 15 is 0 Å². The van der Waals surface area contributed by atoms with Crippen LogP contribution in [0.5, 0.6) is 5.75 Å². The lowest BCUT2D eigenvalue weighted by molar-refractivity contribution is -0.00837. The maximum absolute atomic E-state index is 13.8.